The first kappa shape index (κ1) is 19.3. The molecule has 128 valence electrons. The van der Waals surface area contributed by atoms with Gasteiger partial charge in [0.1, 0.15) is 0 Å². The number of rotatable bonds is 4. The average molecular weight is 317 g/mol. The van der Waals surface area contributed by atoms with Crippen LogP contribution in [0.1, 0.15) is 32.5 Å². The van der Waals surface area contributed by atoms with Crippen LogP contribution in [-0.2, 0) is 24.3 Å². The summed E-state index contributed by atoms with van der Waals surface area (Å²) in [5, 5.41) is 6.55. The van der Waals surface area contributed by atoms with Gasteiger partial charge in [-0.3, -0.25) is 0 Å². The minimum Gasteiger partial charge on any atom is -0.388 e. The summed E-state index contributed by atoms with van der Waals surface area (Å²) in [6.07, 6.45) is 2.98. The van der Waals surface area contributed by atoms with Gasteiger partial charge in [-0.1, -0.05) is 27.4 Å². The largest absolute Gasteiger partial charge is 0.388 e. The molecule has 1 aromatic carbocycles. The Labute approximate surface area is 140 Å². The minimum absolute atomic E-state index is 0. The van der Waals surface area contributed by atoms with E-state index in [2.05, 4.69) is 34.7 Å². The van der Waals surface area contributed by atoms with Crippen molar-refractivity contribution in [3.05, 3.63) is 42.1 Å². The second-order valence-corrected chi connectivity index (χ2v) is 5.10. The molecule has 4 heteroatoms. The first-order valence-corrected chi connectivity index (χ1v) is 8.00. The molecule has 3 rings (SSSR count). The Morgan fingerprint density at radius 1 is 1.35 bits per heavy atom. The van der Waals surface area contributed by atoms with Crippen molar-refractivity contribution in [2.24, 2.45) is 0 Å². The Hall–Kier alpha value is -1.78. The number of anilines is 1. The molecule has 0 amide bonds. The molecule has 0 saturated carbocycles. The molecule has 0 aliphatic carbocycles. The van der Waals surface area contributed by atoms with Gasteiger partial charge in [0.25, 0.3) is 0 Å². The summed E-state index contributed by atoms with van der Waals surface area (Å²) in [6.45, 7) is 10.5. The normalized spacial score (nSPS) is 13.6. The van der Waals surface area contributed by atoms with E-state index >= 15 is 0 Å². The molecule has 0 unspecified atom stereocenters. The quantitative estimate of drug-likeness (QED) is 0.845. The van der Waals surface area contributed by atoms with Gasteiger partial charge in [-0.05, 0) is 23.8 Å². The summed E-state index contributed by atoms with van der Waals surface area (Å²) < 4.78 is 2.38. The van der Waals surface area contributed by atoms with Gasteiger partial charge in [0.15, 0.2) is 0 Å². The van der Waals surface area contributed by atoms with E-state index in [9.17, 15) is 0 Å². The lowest BCUT2D eigenvalue weighted by atomic mass is 10.1. The number of benzene rings is 1. The Morgan fingerprint density at radius 2 is 2.09 bits per heavy atom. The van der Waals surface area contributed by atoms with Gasteiger partial charge in [-0.2, -0.15) is 5.06 Å². The highest BCUT2D eigenvalue weighted by Crippen LogP contribution is 2.32. The van der Waals surface area contributed by atoms with E-state index in [1.807, 2.05) is 32.0 Å². The Morgan fingerprint density at radius 3 is 2.70 bits per heavy atom. The van der Waals surface area contributed by atoms with Gasteiger partial charge >= 0.3 is 0 Å². The summed E-state index contributed by atoms with van der Waals surface area (Å²) in [5.41, 5.74) is 5.23. The van der Waals surface area contributed by atoms with Gasteiger partial charge < -0.3 is 14.7 Å². The van der Waals surface area contributed by atoms with Crippen LogP contribution in [-0.4, -0.2) is 30.3 Å². The molecule has 0 atom stereocenters. The fraction of sp³-hybridized carbons (Fsp3) is 0.474. The highest BCUT2D eigenvalue weighted by Gasteiger charge is 2.23. The zero-order valence-electron chi connectivity index (χ0n) is 14.1. The fourth-order valence-corrected chi connectivity index (χ4v) is 3.07. The van der Waals surface area contributed by atoms with Crippen molar-refractivity contribution in [2.75, 3.05) is 26.0 Å². The van der Waals surface area contributed by atoms with Crippen molar-refractivity contribution >= 4 is 16.6 Å². The predicted molar refractivity (Wildman–Crippen MR) is 101 cm³/mol. The standard InChI is InChI=1S/C16H21N3O.C2H6.CH4/c1-4-8-19-15-6-5-12(17-2)10-13(15)14-11-18(20-3)9-7-16(14)19;1-2;/h4-6,10,17H,1,7-9,11H2,2-3H3;1-2H3;1H4. The molecule has 1 N–H and O–H groups in total. The SMILES string of the molecule is C.C=CCn1c2c(c3cc(NC)ccc31)CN(OC)CC2.CC. The first-order chi connectivity index (χ1) is 10.8. The van der Waals surface area contributed by atoms with Gasteiger partial charge in [0, 0.05) is 48.8 Å². The van der Waals surface area contributed by atoms with E-state index in [1.54, 1.807) is 7.11 Å². The molecule has 1 aromatic heterocycles. The Balaban J connectivity index is 0.000000849. The third-order valence-electron chi connectivity index (χ3n) is 4.08. The lowest BCUT2D eigenvalue weighted by molar-refractivity contribution is -0.142. The maximum Gasteiger partial charge on any atom is 0.0575 e. The number of nitrogens with one attached hydrogen (secondary N) is 1. The van der Waals surface area contributed by atoms with Crippen molar-refractivity contribution in [2.45, 2.75) is 40.8 Å². The van der Waals surface area contributed by atoms with E-state index in [-0.39, 0.29) is 7.43 Å². The molecule has 0 saturated heterocycles. The van der Waals surface area contributed by atoms with Crippen LogP contribution < -0.4 is 5.32 Å². The summed E-state index contributed by atoms with van der Waals surface area (Å²) in [7, 11) is 3.70. The molecule has 1 aliphatic heterocycles. The van der Waals surface area contributed by atoms with Gasteiger partial charge in [0.2, 0.25) is 0 Å². The molecular formula is C19H31N3O. The van der Waals surface area contributed by atoms with Gasteiger partial charge in [-0.25, -0.2) is 0 Å². The van der Waals surface area contributed by atoms with Crippen molar-refractivity contribution in [3.63, 3.8) is 0 Å². The second kappa shape index (κ2) is 8.75. The van der Waals surface area contributed by atoms with Crippen molar-refractivity contribution < 1.29 is 4.84 Å². The van der Waals surface area contributed by atoms with Crippen LogP contribution in [0.3, 0.4) is 0 Å². The highest BCUT2D eigenvalue weighted by molar-refractivity contribution is 5.88. The number of hydrogen-bond acceptors (Lipinski definition) is 3. The lowest BCUT2D eigenvalue weighted by Gasteiger charge is -2.25. The van der Waals surface area contributed by atoms with E-state index < -0.39 is 0 Å². The molecule has 23 heavy (non-hydrogen) atoms. The Bertz CT molecular complexity index is 646. The molecule has 2 aromatic rings. The topological polar surface area (TPSA) is 29.4 Å². The van der Waals surface area contributed by atoms with E-state index in [4.69, 9.17) is 4.84 Å². The lowest BCUT2D eigenvalue weighted by Crippen LogP contribution is -2.30. The summed E-state index contributed by atoms with van der Waals surface area (Å²) in [6, 6.07) is 6.55. The molecule has 1 aliphatic rings. The van der Waals surface area contributed by atoms with E-state index in [0.717, 1.165) is 31.7 Å². The Kier molecular flexibility index (Phi) is 7.33. The van der Waals surface area contributed by atoms with Gasteiger partial charge in [0.05, 0.1) is 13.7 Å². The fourth-order valence-electron chi connectivity index (χ4n) is 3.07. The molecule has 0 fully saturated rings. The molecule has 0 radical (unpaired) electrons. The van der Waals surface area contributed by atoms with E-state index in [0.29, 0.717) is 0 Å². The number of hydroxylamine groups is 2. The predicted octanol–water partition coefficient (Wildman–Crippen LogP) is 4.45. The second-order valence-electron chi connectivity index (χ2n) is 5.10. The van der Waals surface area contributed by atoms with Crippen LogP contribution in [0, 0.1) is 0 Å². The van der Waals surface area contributed by atoms with Crippen molar-refractivity contribution in [1.82, 2.24) is 9.63 Å². The number of allylic oxidation sites excluding steroid dienone is 1. The van der Waals surface area contributed by atoms with E-state index in [1.165, 1.54) is 22.2 Å². The molecule has 4 nitrogen and oxygen atoms in total. The number of fused-ring (bicyclic) bond motifs is 3. The van der Waals surface area contributed by atoms with Crippen molar-refractivity contribution in [1.29, 1.82) is 0 Å². The summed E-state index contributed by atoms with van der Waals surface area (Å²) in [5.74, 6) is 0. The minimum atomic E-state index is 0. The zero-order valence-corrected chi connectivity index (χ0v) is 14.1. The summed E-state index contributed by atoms with van der Waals surface area (Å²) in [4.78, 5) is 5.41. The third-order valence-corrected chi connectivity index (χ3v) is 4.08. The number of nitrogens with zero attached hydrogens (tertiary/aromatic N) is 2. The smallest absolute Gasteiger partial charge is 0.0575 e. The van der Waals surface area contributed by atoms with Crippen molar-refractivity contribution in [3.8, 4) is 0 Å². The first-order valence-electron chi connectivity index (χ1n) is 8.00. The summed E-state index contributed by atoms with van der Waals surface area (Å²) >= 11 is 0. The third kappa shape index (κ3) is 3.59. The van der Waals surface area contributed by atoms with Crippen LogP contribution in [0.5, 0.6) is 0 Å². The molecule has 0 spiro atoms. The molecule has 0 bridgehead atoms. The van der Waals surface area contributed by atoms with Crippen LogP contribution in [0.4, 0.5) is 5.69 Å². The maximum atomic E-state index is 5.41. The van der Waals surface area contributed by atoms with Crippen LogP contribution in [0.2, 0.25) is 0 Å². The van der Waals surface area contributed by atoms with Gasteiger partial charge in [-0.15, -0.1) is 6.58 Å². The monoisotopic (exact) mass is 317 g/mol. The maximum absolute atomic E-state index is 5.41. The number of aromatic nitrogens is 1. The zero-order chi connectivity index (χ0) is 16.1. The van der Waals surface area contributed by atoms with Crippen LogP contribution in [0.15, 0.2) is 30.9 Å². The molecular weight excluding hydrogens is 286 g/mol. The van der Waals surface area contributed by atoms with Crippen LogP contribution >= 0.6 is 0 Å². The number of hydrogen-bond donors (Lipinski definition) is 1. The average Bonchev–Trinajstić information content (AvgIpc) is 2.89. The molecule has 2 heterocycles. The highest BCUT2D eigenvalue weighted by atomic mass is 16.7. The van der Waals surface area contributed by atoms with Crippen LogP contribution in [0.25, 0.3) is 10.9 Å².